The average Bonchev–Trinajstić information content (AvgIpc) is 2.63. The number of amides is 1. The molecule has 0 radical (unpaired) electrons. The van der Waals surface area contributed by atoms with Crippen LogP contribution in [-0.4, -0.2) is 25.0 Å². The predicted molar refractivity (Wildman–Crippen MR) is 89.4 cm³/mol. The minimum Gasteiger partial charge on any atom is -0.450 e. The molecule has 0 aromatic heterocycles. The monoisotopic (exact) mass is 325 g/mol. The molecule has 0 aliphatic carbocycles. The zero-order valence-electron chi connectivity index (χ0n) is 13.4. The van der Waals surface area contributed by atoms with Crippen LogP contribution in [0.15, 0.2) is 54.6 Å². The molecule has 5 nitrogen and oxygen atoms in total. The molecule has 2 aromatic carbocycles. The zero-order valence-corrected chi connectivity index (χ0v) is 13.4. The molecule has 1 aliphatic rings. The highest BCUT2D eigenvalue weighted by Gasteiger charge is 2.40. The molecule has 2 aromatic rings. The van der Waals surface area contributed by atoms with Crippen LogP contribution in [0.5, 0.6) is 0 Å². The van der Waals surface area contributed by atoms with Crippen molar-refractivity contribution in [1.29, 1.82) is 0 Å². The molecule has 4 N–H and O–H groups in total. The van der Waals surface area contributed by atoms with Gasteiger partial charge in [-0.2, -0.15) is 0 Å². The molecular weight excluding hydrogens is 304 g/mol. The van der Waals surface area contributed by atoms with E-state index in [9.17, 15) is 9.59 Å². The van der Waals surface area contributed by atoms with E-state index < -0.39 is 17.5 Å². The third-order valence-electron chi connectivity index (χ3n) is 4.50. The van der Waals surface area contributed by atoms with Crippen LogP contribution >= 0.6 is 0 Å². The van der Waals surface area contributed by atoms with Gasteiger partial charge in [0.25, 0.3) is 0 Å². The van der Waals surface area contributed by atoms with E-state index in [4.69, 9.17) is 10.5 Å². The number of hydrogen-bond acceptors (Lipinski definition) is 3. The third-order valence-corrected chi connectivity index (χ3v) is 4.50. The van der Waals surface area contributed by atoms with E-state index in [-0.39, 0.29) is 11.1 Å². The average molecular weight is 325 g/mol. The van der Waals surface area contributed by atoms with Gasteiger partial charge in [-0.25, -0.2) is 4.79 Å². The van der Waals surface area contributed by atoms with E-state index in [2.05, 4.69) is 5.32 Å². The highest BCUT2D eigenvalue weighted by atomic mass is 16.6. The number of rotatable bonds is 4. The third kappa shape index (κ3) is 3.16. The first-order valence-corrected chi connectivity index (χ1v) is 8.12. The zero-order chi connectivity index (χ0) is 17.0. The van der Waals surface area contributed by atoms with Crippen LogP contribution in [0.4, 0.5) is 0 Å². The van der Waals surface area contributed by atoms with Gasteiger partial charge in [-0.15, -0.1) is 0 Å². The number of carbonyl (C=O) groups excluding carboxylic acids is 2. The molecule has 0 spiro atoms. The maximum Gasteiger partial charge on any atom is 0.339 e. The summed E-state index contributed by atoms with van der Waals surface area (Å²) in [6.07, 6.45) is 1.48. The number of primary amides is 1. The predicted octanol–water partition coefficient (Wildman–Crippen LogP) is 1.19. The normalized spacial score (nSPS) is 16.3. The SMILES string of the molecule is NC(=O)c1ccccc1C(=O)OC1(c2ccccc2)CC[NH2+]CC1. The van der Waals surface area contributed by atoms with Crippen molar-refractivity contribution in [2.24, 2.45) is 5.73 Å². The van der Waals surface area contributed by atoms with E-state index in [0.29, 0.717) is 0 Å². The lowest BCUT2D eigenvalue weighted by molar-refractivity contribution is -0.668. The lowest BCUT2D eigenvalue weighted by atomic mass is 9.84. The van der Waals surface area contributed by atoms with Gasteiger partial charge in [0, 0.05) is 12.8 Å². The molecule has 124 valence electrons. The fourth-order valence-electron chi connectivity index (χ4n) is 3.24. The van der Waals surface area contributed by atoms with Crippen molar-refractivity contribution in [1.82, 2.24) is 0 Å². The molecule has 1 aliphatic heterocycles. The molecule has 1 saturated heterocycles. The number of quaternary nitrogens is 1. The van der Waals surface area contributed by atoms with Gasteiger partial charge in [-0.1, -0.05) is 42.5 Å². The summed E-state index contributed by atoms with van der Waals surface area (Å²) in [6, 6.07) is 16.3. The molecular formula is C19H21N2O3+. The van der Waals surface area contributed by atoms with E-state index in [1.807, 2.05) is 30.3 Å². The molecule has 24 heavy (non-hydrogen) atoms. The molecule has 3 rings (SSSR count). The van der Waals surface area contributed by atoms with Crippen molar-refractivity contribution >= 4 is 11.9 Å². The van der Waals surface area contributed by atoms with Crippen LogP contribution in [0.1, 0.15) is 39.1 Å². The molecule has 1 fully saturated rings. The minimum atomic E-state index is -0.655. The van der Waals surface area contributed by atoms with Crippen LogP contribution < -0.4 is 11.1 Å². The molecule has 0 unspecified atom stereocenters. The molecule has 0 atom stereocenters. The Balaban J connectivity index is 1.94. The summed E-state index contributed by atoms with van der Waals surface area (Å²) in [5.74, 6) is -1.14. The highest BCUT2D eigenvalue weighted by Crippen LogP contribution is 2.34. The van der Waals surface area contributed by atoms with Crippen molar-refractivity contribution in [2.75, 3.05) is 13.1 Å². The second-order valence-electron chi connectivity index (χ2n) is 6.03. The van der Waals surface area contributed by atoms with Crippen LogP contribution in [0.25, 0.3) is 0 Å². The summed E-state index contributed by atoms with van der Waals surface area (Å²) < 4.78 is 5.98. The van der Waals surface area contributed by atoms with E-state index in [1.54, 1.807) is 24.3 Å². The van der Waals surface area contributed by atoms with Gasteiger partial charge >= 0.3 is 5.97 Å². The molecule has 5 heteroatoms. The Labute approximate surface area is 140 Å². The van der Waals surface area contributed by atoms with Crippen molar-refractivity contribution in [2.45, 2.75) is 18.4 Å². The minimum absolute atomic E-state index is 0.188. The summed E-state index contributed by atoms with van der Waals surface area (Å²) in [6.45, 7) is 1.78. The molecule has 1 heterocycles. The Morgan fingerprint density at radius 3 is 2.12 bits per heavy atom. The standard InChI is InChI=1S/C19H20N2O3/c20-17(22)15-8-4-5-9-16(15)18(23)24-19(10-12-21-13-11-19)14-6-2-1-3-7-14/h1-9,21H,10-13H2,(H2,20,22)/p+1. The maximum atomic E-state index is 12.8. The Kier molecular flexibility index (Phi) is 4.62. The van der Waals surface area contributed by atoms with E-state index in [1.165, 1.54) is 0 Å². The number of benzene rings is 2. The van der Waals surface area contributed by atoms with E-state index in [0.717, 1.165) is 31.5 Å². The van der Waals surface area contributed by atoms with Gasteiger partial charge in [0.2, 0.25) is 5.91 Å². The van der Waals surface area contributed by atoms with Gasteiger partial charge < -0.3 is 15.8 Å². The lowest BCUT2D eigenvalue weighted by Crippen LogP contribution is -2.87. The van der Waals surface area contributed by atoms with Gasteiger partial charge in [-0.3, -0.25) is 4.79 Å². The summed E-state index contributed by atoms with van der Waals surface area (Å²) in [4.78, 5) is 24.4. The number of nitrogens with two attached hydrogens (primary N) is 2. The number of hydrogen-bond donors (Lipinski definition) is 2. The first-order chi connectivity index (χ1) is 11.6. The van der Waals surface area contributed by atoms with Gasteiger partial charge in [0.05, 0.1) is 24.2 Å². The lowest BCUT2D eigenvalue weighted by Gasteiger charge is -2.36. The first kappa shape index (κ1) is 16.2. The first-order valence-electron chi connectivity index (χ1n) is 8.12. The molecule has 0 bridgehead atoms. The second kappa shape index (κ2) is 6.84. The Bertz CT molecular complexity index is 737. The summed E-state index contributed by atoms with van der Waals surface area (Å²) in [5.41, 5.74) is 6.12. The van der Waals surface area contributed by atoms with Gasteiger partial charge in [0.1, 0.15) is 5.60 Å². The number of esters is 1. The fourth-order valence-corrected chi connectivity index (χ4v) is 3.24. The van der Waals surface area contributed by atoms with Gasteiger partial charge in [0.15, 0.2) is 0 Å². The maximum absolute atomic E-state index is 12.8. The van der Waals surface area contributed by atoms with Crippen LogP contribution in [0.3, 0.4) is 0 Å². The highest BCUT2D eigenvalue weighted by molar-refractivity contribution is 6.04. The van der Waals surface area contributed by atoms with E-state index >= 15 is 0 Å². The van der Waals surface area contributed by atoms with Crippen molar-refractivity contribution in [3.63, 3.8) is 0 Å². The smallest absolute Gasteiger partial charge is 0.339 e. The largest absolute Gasteiger partial charge is 0.450 e. The number of piperidine rings is 1. The summed E-state index contributed by atoms with van der Waals surface area (Å²) >= 11 is 0. The topological polar surface area (TPSA) is 86.0 Å². The molecule has 1 amide bonds. The van der Waals surface area contributed by atoms with Crippen molar-refractivity contribution in [3.8, 4) is 0 Å². The quantitative estimate of drug-likeness (QED) is 0.828. The Hall–Kier alpha value is -2.66. The molecule has 0 saturated carbocycles. The van der Waals surface area contributed by atoms with Crippen LogP contribution in [0.2, 0.25) is 0 Å². The summed E-state index contributed by atoms with van der Waals surface area (Å²) in [5, 5.41) is 2.21. The van der Waals surface area contributed by atoms with Crippen molar-refractivity contribution < 1.29 is 19.6 Å². The second-order valence-corrected chi connectivity index (χ2v) is 6.03. The fraction of sp³-hybridized carbons (Fsp3) is 0.263. The van der Waals surface area contributed by atoms with Crippen LogP contribution in [0, 0.1) is 0 Å². The summed E-state index contributed by atoms with van der Waals surface area (Å²) in [7, 11) is 0. The Morgan fingerprint density at radius 1 is 0.917 bits per heavy atom. The van der Waals surface area contributed by atoms with Crippen molar-refractivity contribution in [3.05, 3.63) is 71.3 Å². The number of carbonyl (C=O) groups is 2. The van der Waals surface area contributed by atoms with Gasteiger partial charge in [-0.05, 0) is 17.7 Å². The number of ether oxygens (including phenoxy) is 1. The Morgan fingerprint density at radius 2 is 1.50 bits per heavy atom. The van der Waals surface area contributed by atoms with Crippen LogP contribution in [-0.2, 0) is 10.3 Å².